The molecule has 0 spiro atoms. The van der Waals surface area contributed by atoms with Gasteiger partial charge in [0.2, 0.25) is 0 Å². The quantitative estimate of drug-likeness (QED) is 0.814. The largest absolute Gasteiger partial charge is 0.391 e. The predicted molar refractivity (Wildman–Crippen MR) is 58.8 cm³/mol. The lowest BCUT2D eigenvalue weighted by atomic mass is 9.85. The monoisotopic (exact) mass is 251 g/mol. The SMILES string of the molecule is FC(F)(F)C1CCC(NC2CCOCC2)CC1. The second kappa shape index (κ2) is 5.57. The van der Waals surface area contributed by atoms with Gasteiger partial charge in [-0.05, 0) is 38.5 Å². The third-order valence-electron chi connectivity index (χ3n) is 3.88. The van der Waals surface area contributed by atoms with Gasteiger partial charge in [0.05, 0.1) is 5.92 Å². The third kappa shape index (κ3) is 3.85. The third-order valence-corrected chi connectivity index (χ3v) is 3.88. The van der Waals surface area contributed by atoms with Crippen LogP contribution < -0.4 is 5.32 Å². The van der Waals surface area contributed by atoms with Crippen molar-refractivity contribution < 1.29 is 17.9 Å². The Balaban J connectivity index is 1.71. The van der Waals surface area contributed by atoms with E-state index in [1.165, 1.54) is 0 Å². The first-order valence-corrected chi connectivity index (χ1v) is 6.46. The van der Waals surface area contributed by atoms with Crippen LogP contribution in [0.1, 0.15) is 38.5 Å². The summed E-state index contributed by atoms with van der Waals surface area (Å²) >= 11 is 0. The normalized spacial score (nSPS) is 32.6. The molecule has 100 valence electrons. The van der Waals surface area contributed by atoms with E-state index in [9.17, 15) is 13.2 Å². The molecule has 17 heavy (non-hydrogen) atoms. The van der Waals surface area contributed by atoms with Gasteiger partial charge in [0.25, 0.3) is 0 Å². The number of ether oxygens (including phenoxy) is 1. The molecule has 0 bridgehead atoms. The second-order valence-corrected chi connectivity index (χ2v) is 5.14. The molecule has 5 heteroatoms. The molecule has 0 aromatic heterocycles. The Labute approximate surface area is 99.9 Å². The van der Waals surface area contributed by atoms with Crippen LogP contribution in [0.5, 0.6) is 0 Å². The molecule has 0 aromatic carbocycles. The minimum absolute atomic E-state index is 0.275. The summed E-state index contributed by atoms with van der Waals surface area (Å²) in [7, 11) is 0. The molecule has 2 nitrogen and oxygen atoms in total. The molecule has 1 heterocycles. The van der Waals surface area contributed by atoms with E-state index in [1.807, 2.05) is 0 Å². The fraction of sp³-hybridized carbons (Fsp3) is 1.00. The van der Waals surface area contributed by atoms with Crippen molar-refractivity contribution in [2.45, 2.75) is 56.8 Å². The lowest BCUT2D eigenvalue weighted by molar-refractivity contribution is -0.182. The Bertz CT molecular complexity index is 230. The molecular weight excluding hydrogens is 231 g/mol. The molecule has 1 aliphatic carbocycles. The Morgan fingerprint density at radius 3 is 1.88 bits per heavy atom. The van der Waals surface area contributed by atoms with Crippen LogP contribution in [0, 0.1) is 5.92 Å². The Morgan fingerprint density at radius 1 is 0.824 bits per heavy atom. The van der Waals surface area contributed by atoms with Gasteiger partial charge >= 0.3 is 6.18 Å². The van der Waals surface area contributed by atoms with Crippen molar-refractivity contribution in [1.82, 2.24) is 5.32 Å². The van der Waals surface area contributed by atoms with Crippen LogP contribution in [-0.4, -0.2) is 31.5 Å². The molecule has 1 saturated heterocycles. The molecule has 2 fully saturated rings. The summed E-state index contributed by atoms with van der Waals surface area (Å²) in [4.78, 5) is 0. The zero-order valence-electron chi connectivity index (χ0n) is 9.93. The number of rotatable bonds is 2. The van der Waals surface area contributed by atoms with Gasteiger partial charge in [-0.15, -0.1) is 0 Å². The number of alkyl halides is 3. The summed E-state index contributed by atoms with van der Waals surface area (Å²) in [6.45, 7) is 1.55. The molecule has 1 saturated carbocycles. The summed E-state index contributed by atoms with van der Waals surface area (Å²) in [6, 6.07) is 0.716. The van der Waals surface area contributed by atoms with Gasteiger partial charge in [-0.25, -0.2) is 0 Å². The fourth-order valence-electron chi connectivity index (χ4n) is 2.78. The molecule has 0 amide bonds. The number of halogens is 3. The highest BCUT2D eigenvalue weighted by Crippen LogP contribution is 2.37. The van der Waals surface area contributed by atoms with Crippen molar-refractivity contribution in [3.8, 4) is 0 Å². The molecule has 0 aromatic rings. The van der Waals surface area contributed by atoms with Gasteiger partial charge in [0, 0.05) is 25.3 Å². The highest BCUT2D eigenvalue weighted by molar-refractivity contribution is 4.83. The van der Waals surface area contributed by atoms with Crippen LogP contribution in [0.4, 0.5) is 13.2 Å². The molecular formula is C12H20F3NO. The average molecular weight is 251 g/mol. The first kappa shape index (κ1) is 13.1. The van der Waals surface area contributed by atoms with E-state index in [1.54, 1.807) is 0 Å². The maximum Gasteiger partial charge on any atom is 0.391 e. The smallest absolute Gasteiger partial charge is 0.381 e. The highest BCUT2D eigenvalue weighted by atomic mass is 19.4. The molecule has 0 radical (unpaired) electrons. The van der Waals surface area contributed by atoms with Gasteiger partial charge in [-0.1, -0.05) is 0 Å². The summed E-state index contributed by atoms with van der Waals surface area (Å²) in [5.74, 6) is -1.07. The van der Waals surface area contributed by atoms with Crippen LogP contribution in [-0.2, 0) is 4.74 Å². The van der Waals surface area contributed by atoms with E-state index in [0.29, 0.717) is 18.9 Å². The molecule has 2 aliphatic rings. The molecule has 1 N–H and O–H groups in total. The number of nitrogens with one attached hydrogen (secondary N) is 1. The molecule has 1 aliphatic heterocycles. The molecule has 2 rings (SSSR count). The first-order chi connectivity index (χ1) is 8.05. The van der Waals surface area contributed by atoms with Crippen molar-refractivity contribution in [1.29, 1.82) is 0 Å². The van der Waals surface area contributed by atoms with Crippen LogP contribution >= 0.6 is 0 Å². The van der Waals surface area contributed by atoms with E-state index in [4.69, 9.17) is 4.74 Å². The average Bonchev–Trinajstić information content (AvgIpc) is 2.30. The zero-order chi connectivity index (χ0) is 12.3. The van der Waals surface area contributed by atoms with Crippen molar-refractivity contribution in [3.05, 3.63) is 0 Å². The van der Waals surface area contributed by atoms with Crippen LogP contribution in [0.25, 0.3) is 0 Å². The van der Waals surface area contributed by atoms with Gasteiger partial charge in [0.1, 0.15) is 0 Å². The summed E-state index contributed by atoms with van der Waals surface area (Å²) < 4.78 is 42.7. The van der Waals surface area contributed by atoms with E-state index in [-0.39, 0.29) is 18.9 Å². The van der Waals surface area contributed by atoms with Gasteiger partial charge in [-0.3, -0.25) is 0 Å². The van der Waals surface area contributed by atoms with Gasteiger partial charge in [-0.2, -0.15) is 13.2 Å². The molecule has 0 atom stereocenters. The number of hydrogen-bond donors (Lipinski definition) is 1. The van der Waals surface area contributed by atoms with Crippen LogP contribution in [0.2, 0.25) is 0 Å². The van der Waals surface area contributed by atoms with E-state index < -0.39 is 12.1 Å². The first-order valence-electron chi connectivity index (χ1n) is 6.46. The maximum absolute atomic E-state index is 12.5. The lowest BCUT2D eigenvalue weighted by Crippen LogP contribution is -2.44. The fourth-order valence-corrected chi connectivity index (χ4v) is 2.78. The molecule has 0 unspecified atom stereocenters. The van der Waals surface area contributed by atoms with Crippen molar-refractivity contribution in [2.24, 2.45) is 5.92 Å². The standard InChI is InChI=1S/C12H20F3NO/c13-12(14,15)9-1-3-10(4-2-9)16-11-5-7-17-8-6-11/h9-11,16H,1-8H2. The Morgan fingerprint density at radius 2 is 1.35 bits per heavy atom. The summed E-state index contributed by atoms with van der Waals surface area (Å²) in [5.41, 5.74) is 0. The summed E-state index contributed by atoms with van der Waals surface area (Å²) in [6.07, 6.45) is -0.153. The Hall–Kier alpha value is -0.290. The minimum Gasteiger partial charge on any atom is -0.381 e. The van der Waals surface area contributed by atoms with Gasteiger partial charge < -0.3 is 10.1 Å². The zero-order valence-corrected chi connectivity index (χ0v) is 9.93. The topological polar surface area (TPSA) is 21.3 Å². The van der Waals surface area contributed by atoms with Crippen molar-refractivity contribution >= 4 is 0 Å². The minimum atomic E-state index is -4.00. The van der Waals surface area contributed by atoms with Crippen LogP contribution in [0.3, 0.4) is 0 Å². The van der Waals surface area contributed by atoms with E-state index in [0.717, 1.165) is 26.1 Å². The highest BCUT2D eigenvalue weighted by Gasteiger charge is 2.41. The maximum atomic E-state index is 12.5. The van der Waals surface area contributed by atoms with Crippen LogP contribution in [0.15, 0.2) is 0 Å². The predicted octanol–water partition coefficient (Wildman–Crippen LogP) is 2.88. The number of hydrogen-bond acceptors (Lipinski definition) is 2. The van der Waals surface area contributed by atoms with Gasteiger partial charge in [0.15, 0.2) is 0 Å². The van der Waals surface area contributed by atoms with E-state index >= 15 is 0 Å². The Kier molecular flexibility index (Phi) is 4.31. The lowest BCUT2D eigenvalue weighted by Gasteiger charge is -2.34. The van der Waals surface area contributed by atoms with Crippen molar-refractivity contribution in [2.75, 3.05) is 13.2 Å². The van der Waals surface area contributed by atoms with Crippen molar-refractivity contribution in [3.63, 3.8) is 0 Å². The van der Waals surface area contributed by atoms with E-state index in [2.05, 4.69) is 5.32 Å². The summed E-state index contributed by atoms with van der Waals surface area (Å²) in [5, 5.41) is 3.48. The second-order valence-electron chi connectivity index (χ2n) is 5.14.